The minimum atomic E-state index is 0.511. The van der Waals surface area contributed by atoms with Gasteiger partial charge < -0.3 is 4.74 Å². The maximum absolute atomic E-state index is 9.18. The lowest BCUT2D eigenvalue weighted by atomic mass is 10.1. The van der Waals surface area contributed by atoms with Gasteiger partial charge in [-0.1, -0.05) is 44.7 Å². The van der Waals surface area contributed by atoms with Crippen molar-refractivity contribution < 1.29 is 4.74 Å². The van der Waals surface area contributed by atoms with Crippen LogP contribution in [0.5, 0.6) is 5.75 Å². The van der Waals surface area contributed by atoms with Crippen LogP contribution >= 0.6 is 0 Å². The number of unbranched alkanes of at least 4 members (excludes halogenated alkanes) is 4. The van der Waals surface area contributed by atoms with E-state index in [4.69, 9.17) is 4.74 Å². The summed E-state index contributed by atoms with van der Waals surface area (Å²) in [6.07, 6.45) is 7.58. The molecule has 0 amide bonds. The van der Waals surface area contributed by atoms with E-state index >= 15 is 0 Å². The van der Waals surface area contributed by atoms with E-state index in [9.17, 15) is 5.26 Å². The number of benzene rings is 1. The van der Waals surface area contributed by atoms with E-state index in [1.807, 2.05) is 24.3 Å². The molecule has 0 saturated heterocycles. The van der Waals surface area contributed by atoms with Crippen molar-refractivity contribution in [2.24, 2.45) is 0 Å². The summed E-state index contributed by atoms with van der Waals surface area (Å²) in [6.45, 7) is 2.87. The Morgan fingerprint density at radius 3 is 2.75 bits per heavy atom. The summed E-state index contributed by atoms with van der Waals surface area (Å²) in [4.78, 5) is 4.28. The van der Waals surface area contributed by atoms with Gasteiger partial charge in [-0.05, 0) is 18.6 Å². The Kier molecular flexibility index (Phi) is 5.37. The van der Waals surface area contributed by atoms with Crippen LogP contribution in [0.3, 0.4) is 0 Å². The van der Waals surface area contributed by atoms with Gasteiger partial charge >= 0.3 is 0 Å². The third kappa shape index (κ3) is 3.48. The Morgan fingerprint density at radius 2 is 1.95 bits per heavy atom. The third-order valence-electron chi connectivity index (χ3n) is 3.34. The maximum atomic E-state index is 9.18. The molecule has 0 N–H and O–H groups in total. The van der Waals surface area contributed by atoms with Crippen LogP contribution in [-0.4, -0.2) is 11.6 Å². The molecule has 3 nitrogen and oxygen atoms in total. The number of rotatable bonds is 7. The number of fused-ring (bicyclic) bond motifs is 1. The smallest absolute Gasteiger partial charge is 0.148 e. The van der Waals surface area contributed by atoms with Crippen LogP contribution in [0.15, 0.2) is 30.5 Å². The number of hydrogen-bond donors (Lipinski definition) is 0. The highest BCUT2D eigenvalue weighted by Gasteiger charge is 2.09. The topological polar surface area (TPSA) is 45.9 Å². The monoisotopic (exact) mass is 268 g/mol. The Labute approximate surface area is 120 Å². The maximum Gasteiger partial charge on any atom is 0.148 e. The van der Waals surface area contributed by atoms with Crippen molar-refractivity contribution in [3.63, 3.8) is 0 Å². The van der Waals surface area contributed by atoms with Crippen molar-refractivity contribution in [3.05, 3.63) is 36.0 Å². The van der Waals surface area contributed by atoms with Gasteiger partial charge in [0, 0.05) is 11.6 Å². The van der Waals surface area contributed by atoms with Crippen LogP contribution in [0.25, 0.3) is 10.9 Å². The zero-order chi connectivity index (χ0) is 14.2. The highest BCUT2D eigenvalue weighted by Crippen LogP contribution is 2.27. The number of aromatic nitrogens is 1. The molecule has 0 aliphatic heterocycles. The fourth-order valence-electron chi connectivity index (χ4n) is 2.23. The normalized spacial score (nSPS) is 10.4. The van der Waals surface area contributed by atoms with E-state index in [2.05, 4.69) is 18.0 Å². The number of nitriles is 1. The van der Waals surface area contributed by atoms with E-state index < -0.39 is 0 Å². The zero-order valence-corrected chi connectivity index (χ0v) is 11.9. The Bertz CT molecular complexity index is 601. The zero-order valence-electron chi connectivity index (χ0n) is 11.9. The van der Waals surface area contributed by atoms with Crippen molar-refractivity contribution in [2.45, 2.75) is 39.0 Å². The molecule has 2 aromatic rings. The van der Waals surface area contributed by atoms with Gasteiger partial charge in [-0.3, -0.25) is 4.98 Å². The van der Waals surface area contributed by atoms with E-state index in [1.165, 1.54) is 25.7 Å². The first kappa shape index (κ1) is 14.3. The summed E-state index contributed by atoms with van der Waals surface area (Å²) in [5.41, 5.74) is 1.38. The van der Waals surface area contributed by atoms with E-state index in [0.717, 1.165) is 17.3 Å². The fourth-order valence-corrected chi connectivity index (χ4v) is 2.23. The molecule has 0 spiro atoms. The Balaban J connectivity index is 2.06. The van der Waals surface area contributed by atoms with Crippen LogP contribution in [-0.2, 0) is 0 Å². The first-order valence-corrected chi connectivity index (χ1v) is 7.27. The van der Waals surface area contributed by atoms with E-state index in [1.54, 1.807) is 6.20 Å². The molecule has 104 valence electrons. The van der Waals surface area contributed by atoms with Crippen molar-refractivity contribution in [1.82, 2.24) is 4.98 Å². The van der Waals surface area contributed by atoms with Crippen molar-refractivity contribution in [3.8, 4) is 11.8 Å². The molecular weight excluding hydrogens is 248 g/mol. The summed E-state index contributed by atoms with van der Waals surface area (Å²) in [5, 5.41) is 10.1. The number of hydrogen-bond acceptors (Lipinski definition) is 3. The molecule has 0 atom stereocenters. The van der Waals surface area contributed by atoms with Gasteiger partial charge in [-0.25, -0.2) is 0 Å². The predicted octanol–water partition coefficient (Wildman–Crippen LogP) is 4.46. The standard InChI is InChI=1S/C17H20N2O/c1-2-3-4-5-8-11-20-17-14(12-18)13-19-16-10-7-6-9-15(16)17/h6-7,9-10,13H,2-5,8,11H2,1H3. The largest absolute Gasteiger partial charge is 0.491 e. The van der Waals surface area contributed by atoms with Crippen LogP contribution in [0.1, 0.15) is 44.6 Å². The molecule has 20 heavy (non-hydrogen) atoms. The fraction of sp³-hybridized carbons (Fsp3) is 0.412. The second kappa shape index (κ2) is 7.49. The van der Waals surface area contributed by atoms with Gasteiger partial charge in [0.2, 0.25) is 0 Å². The molecule has 3 heteroatoms. The molecule has 2 rings (SSSR count). The van der Waals surface area contributed by atoms with Crippen LogP contribution in [0.2, 0.25) is 0 Å². The van der Waals surface area contributed by atoms with Gasteiger partial charge in [0.15, 0.2) is 0 Å². The first-order valence-electron chi connectivity index (χ1n) is 7.27. The average molecular weight is 268 g/mol. The van der Waals surface area contributed by atoms with Crippen LogP contribution in [0.4, 0.5) is 0 Å². The summed E-state index contributed by atoms with van der Waals surface area (Å²) in [5.74, 6) is 0.675. The summed E-state index contributed by atoms with van der Waals surface area (Å²) >= 11 is 0. The minimum Gasteiger partial charge on any atom is -0.491 e. The summed E-state index contributed by atoms with van der Waals surface area (Å²) in [6, 6.07) is 9.93. The van der Waals surface area contributed by atoms with Crippen LogP contribution in [0, 0.1) is 11.3 Å². The number of nitrogens with zero attached hydrogens (tertiary/aromatic N) is 2. The third-order valence-corrected chi connectivity index (χ3v) is 3.34. The van der Waals surface area contributed by atoms with Crippen molar-refractivity contribution in [1.29, 1.82) is 5.26 Å². The molecule has 1 aromatic carbocycles. The Hall–Kier alpha value is -2.08. The quantitative estimate of drug-likeness (QED) is 0.697. The highest BCUT2D eigenvalue weighted by atomic mass is 16.5. The SMILES string of the molecule is CCCCCCCOc1c(C#N)cnc2ccccc12. The van der Waals surface area contributed by atoms with Crippen molar-refractivity contribution in [2.75, 3.05) is 6.61 Å². The van der Waals surface area contributed by atoms with E-state index in [-0.39, 0.29) is 0 Å². The van der Waals surface area contributed by atoms with Crippen molar-refractivity contribution >= 4 is 10.9 Å². The molecule has 0 aliphatic carbocycles. The summed E-state index contributed by atoms with van der Waals surface area (Å²) in [7, 11) is 0. The molecule has 0 unspecified atom stereocenters. The van der Waals surface area contributed by atoms with Crippen LogP contribution < -0.4 is 4.74 Å². The molecule has 0 radical (unpaired) electrons. The van der Waals surface area contributed by atoms with Gasteiger partial charge in [0.1, 0.15) is 17.4 Å². The number of ether oxygens (including phenoxy) is 1. The lowest BCUT2D eigenvalue weighted by Gasteiger charge is -2.10. The highest BCUT2D eigenvalue weighted by molar-refractivity contribution is 5.86. The average Bonchev–Trinajstić information content (AvgIpc) is 2.50. The molecule has 0 aliphatic rings. The summed E-state index contributed by atoms with van der Waals surface area (Å²) < 4.78 is 5.86. The van der Waals surface area contributed by atoms with Gasteiger partial charge in [0.25, 0.3) is 0 Å². The second-order valence-corrected chi connectivity index (χ2v) is 4.89. The molecule has 0 bridgehead atoms. The molecule has 1 heterocycles. The predicted molar refractivity (Wildman–Crippen MR) is 80.7 cm³/mol. The number of pyridine rings is 1. The number of para-hydroxylation sites is 1. The first-order chi connectivity index (χ1) is 9.86. The minimum absolute atomic E-state index is 0.511. The molecule has 0 fully saturated rings. The molecule has 1 aromatic heterocycles. The lowest BCUT2D eigenvalue weighted by molar-refractivity contribution is 0.307. The van der Waals surface area contributed by atoms with E-state index in [0.29, 0.717) is 17.9 Å². The second-order valence-electron chi connectivity index (χ2n) is 4.89. The lowest BCUT2D eigenvalue weighted by Crippen LogP contribution is -2.00. The molecule has 0 saturated carbocycles. The van der Waals surface area contributed by atoms with Gasteiger partial charge in [0.05, 0.1) is 12.1 Å². The Morgan fingerprint density at radius 1 is 1.15 bits per heavy atom. The molecular formula is C17H20N2O. The van der Waals surface area contributed by atoms with Gasteiger partial charge in [-0.15, -0.1) is 0 Å². The van der Waals surface area contributed by atoms with Gasteiger partial charge in [-0.2, -0.15) is 5.26 Å².